The molecule has 4 rings (SSSR count). The van der Waals surface area contributed by atoms with Gasteiger partial charge in [0.05, 0.1) is 0 Å². The molecule has 0 radical (unpaired) electrons. The molecule has 1 unspecified atom stereocenters. The molecule has 150 valence electrons. The van der Waals surface area contributed by atoms with Gasteiger partial charge in [0, 0.05) is 29.8 Å². The number of benzene rings is 2. The van der Waals surface area contributed by atoms with Gasteiger partial charge < -0.3 is 16.0 Å². The van der Waals surface area contributed by atoms with Gasteiger partial charge in [-0.25, -0.2) is 0 Å². The number of hydrogen-bond acceptors (Lipinski definition) is 4. The van der Waals surface area contributed by atoms with Crippen LogP contribution in [-0.2, 0) is 10.3 Å². The summed E-state index contributed by atoms with van der Waals surface area (Å²) >= 11 is 0. The van der Waals surface area contributed by atoms with Gasteiger partial charge in [-0.15, -0.1) is 0 Å². The minimum absolute atomic E-state index is 0.0129. The first kappa shape index (κ1) is 19.2. The third-order valence-corrected chi connectivity index (χ3v) is 5.62. The highest BCUT2D eigenvalue weighted by Gasteiger charge is 2.42. The zero-order valence-corrected chi connectivity index (χ0v) is 16.6. The summed E-state index contributed by atoms with van der Waals surface area (Å²) in [7, 11) is 0. The van der Waals surface area contributed by atoms with Crippen LogP contribution in [-0.4, -0.2) is 28.8 Å². The van der Waals surface area contributed by atoms with E-state index in [2.05, 4.69) is 40.1 Å². The summed E-state index contributed by atoms with van der Waals surface area (Å²) in [4.78, 5) is 13.2. The van der Waals surface area contributed by atoms with E-state index in [1.54, 1.807) is 10.9 Å². The van der Waals surface area contributed by atoms with Gasteiger partial charge in [-0.3, -0.25) is 9.48 Å². The molecule has 1 saturated heterocycles. The predicted molar refractivity (Wildman–Crippen MR) is 116 cm³/mol. The number of carbonyl (C=O) groups is 1. The summed E-state index contributed by atoms with van der Waals surface area (Å²) in [6.07, 6.45) is 5.04. The molecular formula is C23H27N5O. The van der Waals surface area contributed by atoms with Gasteiger partial charge in [-0.05, 0) is 68.8 Å². The van der Waals surface area contributed by atoms with Crippen molar-refractivity contribution in [2.45, 2.75) is 31.3 Å². The lowest BCUT2D eigenvalue weighted by Gasteiger charge is -2.36. The van der Waals surface area contributed by atoms with Crippen LogP contribution in [0.25, 0.3) is 0 Å². The number of nitrogens with zero attached hydrogens (tertiary/aromatic N) is 2. The second kappa shape index (κ2) is 8.49. The van der Waals surface area contributed by atoms with E-state index >= 15 is 0 Å². The molecule has 1 aromatic heterocycles. The van der Waals surface area contributed by atoms with E-state index < -0.39 is 5.54 Å². The smallest absolute Gasteiger partial charge is 0.252 e. The Bertz CT molecular complexity index is 916. The van der Waals surface area contributed by atoms with E-state index in [1.807, 2.05) is 54.7 Å². The molecule has 6 heteroatoms. The van der Waals surface area contributed by atoms with E-state index in [9.17, 15) is 4.79 Å². The quantitative estimate of drug-likeness (QED) is 0.600. The molecule has 29 heavy (non-hydrogen) atoms. The summed E-state index contributed by atoms with van der Waals surface area (Å²) in [6, 6.07) is 20.3. The summed E-state index contributed by atoms with van der Waals surface area (Å²) in [5.74, 6) is -0.0129. The van der Waals surface area contributed by atoms with E-state index in [-0.39, 0.29) is 11.9 Å². The summed E-state index contributed by atoms with van der Waals surface area (Å²) in [5.41, 5.74) is 2.39. The highest BCUT2D eigenvalue weighted by Crippen LogP contribution is 2.29. The molecule has 1 amide bonds. The van der Waals surface area contributed by atoms with Crippen molar-refractivity contribution in [3.05, 3.63) is 78.6 Å². The van der Waals surface area contributed by atoms with Crippen LogP contribution < -0.4 is 16.0 Å². The third kappa shape index (κ3) is 4.17. The van der Waals surface area contributed by atoms with E-state index in [0.29, 0.717) is 0 Å². The number of anilines is 2. The lowest BCUT2D eigenvalue weighted by atomic mass is 9.87. The van der Waals surface area contributed by atoms with Crippen LogP contribution in [0.4, 0.5) is 11.4 Å². The number of rotatable bonds is 6. The Morgan fingerprint density at radius 2 is 1.72 bits per heavy atom. The van der Waals surface area contributed by atoms with Crippen LogP contribution in [0, 0.1) is 0 Å². The molecule has 1 fully saturated rings. The summed E-state index contributed by atoms with van der Waals surface area (Å²) in [5, 5.41) is 14.3. The molecule has 0 spiro atoms. The van der Waals surface area contributed by atoms with Crippen LogP contribution in [0.5, 0.6) is 0 Å². The standard InChI is InChI=1S/C23H27N5O/c1-18(19-6-3-2-4-7-19)26-20-8-10-21(11-9-20)27-22(29)23(12-15-24-16-13-23)28-17-5-14-25-28/h2-11,14,17-18,24,26H,12-13,15-16H2,1H3,(H,27,29). The molecule has 0 bridgehead atoms. The monoisotopic (exact) mass is 389 g/mol. The van der Waals surface area contributed by atoms with Gasteiger partial charge in [-0.2, -0.15) is 5.10 Å². The van der Waals surface area contributed by atoms with Crippen molar-refractivity contribution in [2.24, 2.45) is 0 Å². The molecule has 2 aromatic carbocycles. The van der Waals surface area contributed by atoms with Crippen molar-refractivity contribution in [3.63, 3.8) is 0 Å². The Morgan fingerprint density at radius 1 is 1.03 bits per heavy atom. The van der Waals surface area contributed by atoms with Crippen molar-refractivity contribution in [2.75, 3.05) is 23.7 Å². The molecule has 3 N–H and O–H groups in total. The number of nitrogens with one attached hydrogen (secondary N) is 3. The second-order valence-corrected chi connectivity index (χ2v) is 7.54. The first-order valence-corrected chi connectivity index (χ1v) is 10.1. The lowest BCUT2D eigenvalue weighted by Crippen LogP contribution is -2.52. The van der Waals surface area contributed by atoms with E-state index in [4.69, 9.17) is 0 Å². The van der Waals surface area contributed by atoms with Crippen molar-refractivity contribution in [3.8, 4) is 0 Å². The fourth-order valence-corrected chi connectivity index (χ4v) is 3.89. The van der Waals surface area contributed by atoms with Crippen molar-refractivity contribution in [1.82, 2.24) is 15.1 Å². The van der Waals surface area contributed by atoms with Crippen LogP contribution in [0.2, 0.25) is 0 Å². The van der Waals surface area contributed by atoms with Gasteiger partial charge in [0.1, 0.15) is 5.54 Å². The van der Waals surface area contributed by atoms with E-state index in [0.717, 1.165) is 37.3 Å². The fourth-order valence-electron chi connectivity index (χ4n) is 3.89. The van der Waals surface area contributed by atoms with Gasteiger partial charge in [-0.1, -0.05) is 30.3 Å². The van der Waals surface area contributed by atoms with Crippen LogP contribution >= 0.6 is 0 Å². The molecular weight excluding hydrogens is 362 g/mol. The first-order valence-electron chi connectivity index (χ1n) is 10.1. The van der Waals surface area contributed by atoms with Crippen molar-refractivity contribution >= 4 is 17.3 Å². The van der Waals surface area contributed by atoms with Gasteiger partial charge >= 0.3 is 0 Å². The average Bonchev–Trinajstić information content (AvgIpc) is 3.32. The lowest BCUT2D eigenvalue weighted by molar-refractivity contribution is -0.126. The third-order valence-electron chi connectivity index (χ3n) is 5.62. The van der Waals surface area contributed by atoms with Gasteiger partial charge in [0.15, 0.2) is 0 Å². The topological polar surface area (TPSA) is 71.0 Å². The maximum atomic E-state index is 13.2. The average molecular weight is 390 g/mol. The molecule has 3 aromatic rings. The Balaban J connectivity index is 1.44. The zero-order chi connectivity index (χ0) is 20.1. The SMILES string of the molecule is CC(Nc1ccc(NC(=O)C2(n3cccn3)CCNCC2)cc1)c1ccccc1. The van der Waals surface area contributed by atoms with Crippen molar-refractivity contribution < 1.29 is 4.79 Å². The predicted octanol–water partition coefficient (Wildman–Crippen LogP) is 3.77. The Labute approximate surface area is 171 Å². The molecule has 0 saturated carbocycles. The highest BCUT2D eigenvalue weighted by molar-refractivity contribution is 5.96. The number of hydrogen-bond donors (Lipinski definition) is 3. The number of piperidine rings is 1. The fraction of sp³-hybridized carbons (Fsp3) is 0.304. The van der Waals surface area contributed by atoms with Crippen LogP contribution in [0.1, 0.15) is 31.4 Å². The Kier molecular flexibility index (Phi) is 5.62. The zero-order valence-electron chi connectivity index (χ0n) is 16.6. The van der Waals surface area contributed by atoms with Crippen molar-refractivity contribution in [1.29, 1.82) is 0 Å². The minimum atomic E-state index is -0.645. The summed E-state index contributed by atoms with van der Waals surface area (Å²) in [6.45, 7) is 3.73. The van der Waals surface area contributed by atoms with Crippen LogP contribution in [0.15, 0.2) is 73.1 Å². The molecule has 1 aliphatic rings. The number of carbonyl (C=O) groups excluding carboxylic acids is 1. The first-order chi connectivity index (χ1) is 14.2. The molecule has 6 nitrogen and oxygen atoms in total. The Morgan fingerprint density at radius 3 is 2.38 bits per heavy atom. The molecule has 1 atom stereocenters. The maximum absolute atomic E-state index is 13.2. The molecule has 1 aliphatic heterocycles. The minimum Gasteiger partial charge on any atom is -0.379 e. The normalized spacial score (nSPS) is 16.7. The molecule has 0 aliphatic carbocycles. The second-order valence-electron chi connectivity index (χ2n) is 7.54. The largest absolute Gasteiger partial charge is 0.379 e. The number of aromatic nitrogens is 2. The van der Waals surface area contributed by atoms with Gasteiger partial charge in [0.2, 0.25) is 0 Å². The summed E-state index contributed by atoms with van der Waals surface area (Å²) < 4.78 is 1.81. The molecule has 2 heterocycles. The van der Waals surface area contributed by atoms with E-state index in [1.165, 1.54) is 5.56 Å². The number of amides is 1. The van der Waals surface area contributed by atoms with Gasteiger partial charge in [0.25, 0.3) is 5.91 Å². The highest BCUT2D eigenvalue weighted by atomic mass is 16.2. The maximum Gasteiger partial charge on any atom is 0.252 e. The Hall–Kier alpha value is -3.12. The van der Waals surface area contributed by atoms with Crippen LogP contribution in [0.3, 0.4) is 0 Å².